The Bertz CT molecular complexity index is 895. The molecule has 2 heterocycles. The van der Waals surface area contributed by atoms with Gasteiger partial charge in [0.2, 0.25) is 5.88 Å². The van der Waals surface area contributed by atoms with Gasteiger partial charge in [-0.15, -0.1) is 16.9 Å². The molecule has 1 N–H and O–H groups in total. The van der Waals surface area contributed by atoms with Crippen LogP contribution in [0.15, 0.2) is 29.2 Å². The Kier molecular flexibility index (Phi) is 3.41. The molecule has 0 unspecified atom stereocenters. The van der Waals surface area contributed by atoms with Gasteiger partial charge in [0.15, 0.2) is 17.5 Å². The van der Waals surface area contributed by atoms with Crippen LogP contribution in [-0.2, 0) is 5.75 Å². The molecule has 3 aromatic rings. The number of hydrogen-bond donors (Lipinski definition) is 1. The van der Waals surface area contributed by atoms with E-state index >= 15 is 0 Å². The van der Waals surface area contributed by atoms with Crippen molar-refractivity contribution in [1.82, 2.24) is 19.6 Å². The van der Waals surface area contributed by atoms with Gasteiger partial charge in [-0.25, -0.2) is 13.8 Å². The zero-order valence-corrected chi connectivity index (χ0v) is 12.7. The minimum atomic E-state index is -0.882. The molecule has 1 aliphatic carbocycles. The molecular formula is C15H12F2N4OS. The number of nitrogens with zero attached hydrogens (tertiary/aromatic N) is 4. The summed E-state index contributed by atoms with van der Waals surface area (Å²) in [7, 11) is 0. The molecule has 0 bridgehead atoms. The Hall–Kier alpha value is -2.22. The van der Waals surface area contributed by atoms with Gasteiger partial charge in [-0.2, -0.15) is 9.50 Å². The van der Waals surface area contributed by atoms with E-state index in [-0.39, 0.29) is 16.5 Å². The van der Waals surface area contributed by atoms with Crippen molar-refractivity contribution < 1.29 is 13.9 Å². The molecule has 1 saturated carbocycles. The summed E-state index contributed by atoms with van der Waals surface area (Å²) < 4.78 is 28.1. The number of aromatic hydroxyl groups is 1. The van der Waals surface area contributed by atoms with E-state index in [0.717, 1.165) is 30.7 Å². The highest BCUT2D eigenvalue weighted by molar-refractivity contribution is 7.98. The van der Waals surface area contributed by atoms with Crippen LogP contribution < -0.4 is 0 Å². The van der Waals surface area contributed by atoms with Crippen molar-refractivity contribution in [3.05, 3.63) is 47.4 Å². The predicted octanol–water partition coefficient (Wildman–Crippen LogP) is 3.28. The first kappa shape index (κ1) is 14.4. The van der Waals surface area contributed by atoms with Crippen LogP contribution in [-0.4, -0.2) is 24.7 Å². The van der Waals surface area contributed by atoms with Crippen molar-refractivity contribution in [3.63, 3.8) is 0 Å². The zero-order valence-electron chi connectivity index (χ0n) is 11.9. The lowest BCUT2D eigenvalue weighted by Crippen LogP contribution is -1.96. The Labute approximate surface area is 134 Å². The standard InChI is InChI=1S/C15H12F2N4OS/c16-10-2-1-3-11(13(10)17)23-7-9-6-12(22)21-15(18-9)19-14(20-21)8-4-5-8/h1-3,6,8,22H,4-5,7H2. The smallest absolute Gasteiger partial charge is 0.255 e. The monoisotopic (exact) mass is 334 g/mol. The van der Waals surface area contributed by atoms with Crippen LogP contribution in [0.25, 0.3) is 5.78 Å². The number of thioether (sulfide) groups is 1. The maximum atomic E-state index is 13.6. The van der Waals surface area contributed by atoms with Crippen molar-refractivity contribution in [2.45, 2.75) is 29.4 Å². The highest BCUT2D eigenvalue weighted by Crippen LogP contribution is 2.38. The van der Waals surface area contributed by atoms with Gasteiger partial charge in [-0.3, -0.25) is 0 Å². The number of fused-ring (bicyclic) bond motifs is 1. The Morgan fingerprint density at radius 2 is 2.09 bits per heavy atom. The number of rotatable bonds is 4. The maximum absolute atomic E-state index is 13.6. The average Bonchev–Trinajstić information content (AvgIpc) is 3.29. The molecule has 1 fully saturated rings. The number of halogens is 2. The van der Waals surface area contributed by atoms with E-state index in [0.29, 0.717) is 23.2 Å². The molecule has 5 nitrogen and oxygen atoms in total. The van der Waals surface area contributed by atoms with Gasteiger partial charge in [0, 0.05) is 22.6 Å². The Balaban J connectivity index is 1.60. The van der Waals surface area contributed by atoms with Crippen LogP contribution in [0.4, 0.5) is 8.78 Å². The van der Waals surface area contributed by atoms with Crippen LogP contribution in [0.5, 0.6) is 5.88 Å². The fourth-order valence-corrected chi connectivity index (χ4v) is 3.10. The van der Waals surface area contributed by atoms with E-state index in [2.05, 4.69) is 15.1 Å². The molecule has 0 saturated heterocycles. The molecule has 2 aromatic heterocycles. The van der Waals surface area contributed by atoms with Crippen LogP contribution >= 0.6 is 11.8 Å². The largest absolute Gasteiger partial charge is 0.493 e. The minimum absolute atomic E-state index is 0.0651. The summed E-state index contributed by atoms with van der Waals surface area (Å²) in [6, 6.07) is 5.49. The molecule has 0 radical (unpaired) electrons. The van der Waals surface area contributed by atoms with E-state index in [1.807, 2.05) is 0 Å². The molecule has 0 atom stereocenters. The third kappa shape index (κ3) is 2.74. The summed E-state index contributed by atoms with van der Waals surface area (Å²) in [5, 5.41) is 14.3. The van der Waals surface area contributed by atoms with Crippen LogP contribution in [0.1, 0.15) is 30.3 Å². The lowest BCUT2D eigenvalue weighted by atomic mass is 10.3. The summed E-state index contributed by atoms with van der Waals surface area (Å²) in [6.45, 7) is 0. The van der Waals surface area contributed by atoms with Gasteiger partial charge in [-0.1, -0.05) is 6.07 Å². The molecular weight excluding hydrogens is 322 g/mol. The van der Waals surface area contributed by atoms with Crippen molar-refractivity contribution in [2.24, 2.45) is 0 Å². The van der Waals surface area contributed by atoms with Crippen molar-refractivity contribution >= 4 is 17.5 Å². The third-order valence-electron chi connectivity index (χ3n) is 3.60. The Morgan fingerprint density at radius 3 is 2.87 bits per heavy atom. The molecule has 118 valence electrons. The summed E-state index contributed by atoms with van der Waals surface area (Å²) in [5.74, 6) is -0.166. The van der Waals surface area contributed by atoms with E-state index in [1.54, 1.807) is 0 Å². The van der Waals surface area contributed by atoms with Crippen LogP contribution in [0.3, 0.4) is 0 Å². The van der Waals surface area contributed by atoms with Gasteiger partial charge >= 0.3 is 0 Å². The van der Waals surface area contributed by atoms with Gasteiger partial charge in [0.25, 0.3) is 5.78 Å². The second kappa shape index (κ2) is 5.45. The van der Waals surface area contributed by atoms with Crippen molar-refractivity contribution in [1.29, 1.82) is 0 Å². The molecule has 0 spiro atoms. The molecule has 23 heavy (non-hydrogen) atoms. The average molecular weight is 334 g/mol. The summed E-state index contributed by atoms with van der Waals surface area (Å²) in [4.78, 5) is 8.85. The van der Waals surface area contributed by atoms with Crippen LogP contribution in [0, 0.1) is 11.6 Å². The Morgan fingerprint density at radius 1 is 1.26 bits per heavy atom. The molecule has 0 aliphatic heterocycles. The summed E-state index contributed by atoms with van der Waals surface area (Å²) >= 11 is 1.11. The fraction of sp³-hybridized carbons (Fsp3) is 0.267. The molecule has 1 aromatic carbocycles. The topological polar surface area (TPSA) is 63.3 Å². The number of hydrogen-bond acceptors (Lipinski definition) is 5. The van der Waals surface area contributed by atoms with Gasteiger partial charge in [0.1, 0.15) is 0 Å². The first-order valence-corrected chi connectivity index (χ1v) is 8.13. The highest BCUT2D eigenvalue weighted by Gasteiger charge is 2.28. The SMILES string of the molecule is Oc1cc(CSc2cccc(F)c2F)nc2nc(C3CC3)nn12. The highest BCUT2D eigenvalue weighted by atomic mass is 32.2. The second-order valence-electron chi connectivity index (χ2n) is 5.40. The zero-order chi connectivity index (χ0) is 16.0. The molecule has 8 heteroatoms. The first-order chi connectivity index (χ1) is 11.1. The first-order valence-electron chi connectivity index (χ1n) is 7.14. The van der Waals surface area contributed by atoms with Gasteiger partial charge < -0.3 is 5.11 Å². The quantitative estimate of drug-likeness (QED) is 0.742. The minimum Gasteiger partial charge on any atom is -0.493 e. The molecule has 0 amide bonds. The van der Waals surface area contributed by atoms with E-state index in [4.69, 9.17) is 0 Å². The lowest BCUT2D eigenvalue weighted by Gasteiger charge is -2.04. The van der Waals surface area contributed by atoms with Crippen molar-refractivity contribution in [2.75, 3.05) is 0 Å². The van der Waals surface area contributed by atoms with E-state index in [1.165, 1.54) is 22.7 Å². The number of aromatic nitrogens is 4. The molecule has 4 rings (SSSR count). The predicted molar refractivity (Wildman–Crippen MR) is 80.3 cm³/mol. The van der Waals surface area contributed by atoms with E-state index in [9.17, 15) is 13.9 Å². The number of benzene rings is 1. The fourth-order valence-electron chi connectivity index (χ4n) is 2.25. The third-order valence-corrected chi connectivity index (χ3v) is 4.66. The maximum Gasteiger partial charge on any atom is 0.255 e. The van der Waals surface area contributed by atoms with E-state index < -0.39 is 11.6 Å². The summed E-state index contributed by atoms with van der Waals surface area (Å²) in [6.07, 6.45) is 2.11. The van der Waals surface area contributed by atoms with Crippen molar-refractivity contribution in [3.8, 4) is 5.88 Å². The summed E-state index contributed by atoms with van der Waals surface area (Å²) in [5.41, 5.74) is 0.526. The van der Waals surface area contributed by atoms with Gasteiger partial charge in [-0.05, 0) is 25.0 Å². The lowest BCUT2D eigenvalue weighted by molar-refractivity contribution is 0.433. The molecule has 1 aliphatic rings. The normalized spacial score (nSPS) is 14.5. The second-order valence-corrected chi connectivity index (χ2v) is 6.42. The van der Waals surface area contributed by atoms with Crippen LogP contribution in [0.2, 0.25) is 0 Å². The van der Waals surface area contributed by atoms with Gasteiger partial charge in [0.05, 0.1) is 5.69 Å².